The van der Waals surface area contributed by atoms with Crippen LogP contribution in [0.1, 0.15) is 31.1 Å². The lowest BCUT2D eigenvalue weighted by Gasteiger charge is -2.10. The summed E-state index contributed by atoms with van der Waals surface area (Å²) in [6, 6.07) is 12.4. The van der Waals surface area contributed by atoms with Crippen LogP contribution in [0.4, 0.5) is 11.8 Å². The number of aromatic carboxylic acids is 1. The van der Waals surface area contributed by atoms with Gasteiger partial charge in [-0.05, 0) is 48.5 Å². The van der Waals surface area contributed by atoms with Crippen LogP contribution < -0.4 is 20.1 Å². The molecule has 0 spiro atoms. The molecule has 32 heavy (non-hydrogen) atoms. The van der Waals surface area contributed by atoms with Gasteiger partial charge in [0.15, 0.2) is 0 Å². The fraction of sp³-hybridized carbons (Fsp3) is 0.0476. The Morgan fingerprint density at radius 3 is 2.00 bits per heavy atom. The second-order valence-electron chi connectivity index (χ2n) is 6.15. The van der Waals surface area contributed by atoms with Crippen molar-refractivity contribution < 1.29 is 33.8 Å². The van der Waals surface area contributed by atoms with Gasteiger partial charge in [-0.25, -0.2) is 4.79 Å². The first kappa shape index (κ1) is 21.9. The summed E-state index contributed by atoms with van der Waals surface area (Å²) in [5.41, 5.74) is 0.490. The number of carbonyl (C=O) groups excluding carboxylic acids is 3. The molecule has 2 amide bonds. The Hall–Kier alpha value is -4.80. The Balaban J connectivity index is 1.75. The van der Waals surface area contributed by atoms with Crippen LogP contribution in [-0.2, 0) is 4.79 Å². The number of ether oxygens (including phenoxy) is 2. The van der Waals surface area contributed by atoms with E-state index < -0.39 is 17.8 Å². The van der Waals surface area contributed by atoms with E-state index >= 15 is 0 Å². The standard InChI is InChI=1S/C21H16N4O7/c1-31-17-10-16(22-18(27)13-6-8-15(9-7-13)32-11-26)23-21(24-17)25-19(28)12-2-4-14(5-3-12)20(29)30/h2-11H,1H3,(H,29,30)(H2,22,23,24,25,27,28). The summed E-state index contributed by atoms with van der Waals surface area (Å²) in [7, 11) is 1.36. The number of rotatable bonds is 8. The Kier molecular flexibility index (Phi) is 6.71. The van der Waals surface area contributed by atoms with Crippen LogP contribution in [0.5, 0.6) is 11.6 Å². The average Bonchev–Trinajstić information content (AvgIpc) is 2.79. The summed E-state index contributed by atoms with van der Waals surface area (Å²) in [5.74, 6) is -1.92. The van der Waals surface area contributed by atoms with Crippen molar-refractivity contribution in [2.24, 2.45) is 0 Å². The van der Waals surface area contributed by atoms with Gasteiger partial charge in [0.05, 0.1) is 12.7 Å². The van der Waals surface area contributed by atoms with Crippen molar-refractivity contribution in [3.63, 3.8) is 0 Å². The highest BCUT2D eigenvalue weighted by Crippen LogP contribution is 2.18. The van der Waals surface area contributed by atoms with Gasteiger partial charge in [0.25, 0.3) is 18.3 Å². The Morgan fingerprint density at radius 1 is 0.875 bits per heavy atom. The largest absolute Gasteiger partial charge is 0.481 e. The molecule has 0 radical (unpaired) electrons. The first-order chi connectivity index (χ1) is 15.4. The zero-order chi connectivity index (χ0) is 23.1. The minimum absolute atomic E-state index is 0.0370. The third kappa shape index (κ3) is 5.42. The molecule has 0 unspecified atom stereocenters. The highest BCUT2D eigenvalue weighted by atomic mass is 16.5. The van der Waals surface area contributed by atoms with E-state index in [1.165, 1.54) is 61.7 Å². The lowest BCUT2D eigenvalue weighted by atomic mass is 10.1. The van der Waals surface area contributed by atoms with Gasteiger partial charge in [0.1, 0.15) is 11.6 Å². The number of hydrogen-bond donors (Lipinski definition) is 3. The monoisotopic (exact) mass is 436 g/mol. The van der Waals surface area contributed by atoms with E-state index in [0.717, 1.165) is 0 Å². The van der Waals surface area contributed by atoms with Crippen LogP contribution in [-0.4, -0.2) is 46.4 Å². The van der Waals surface area contributed by atoms with Crippen molar-refractivity contribution in [2.75, 3.05) is 17.7 Å². The molecule has 1 heterocycles. The van der Waals surface area contributed by atoms with Crippen molar-refractivity contribution in [3.05, 3.63) is 71.3 Å². The van der Waals surface area contributed by atoms with Gasteiger partial charge >= 0.3 is 5.97 Å². The van der Waals surface area contributed by atoms with Gasteiger partial charge in [-0.3, -0.25) is 19.7 Å². The molecule has 11 heteroatoms. The number of hydrogen-bond acceptors (Lipinski definition) is 8. The van der Waals surface area contributed by atoms with E-state index in [9.17, 15) is 19.2 Å². The number of nitrogens with zero attached hydrogens (tertiary/aromatic N) is 2. The summed E-state index contributed by atoms with van der Waals surface area (Å²) in [5, 5.41) is 14.0. The van der Waals surface area contributed by atoms with Crippen LogP contribution in [0.15, 0.2) is 54.6 Å². The number of anilines is 2. The van der Waals surface area contributed by atoms with Crippen molar-refractivity contribution in [3.8, 4) is 11.6 Å². The number of amides is 2. The zero-order valence-corrected chi connectivity index (χ0v) is 16.6. The fourth-order valence-corrected chi connectivity index (χ4v) is 2.52. The molecule has 0 aliphatic rings. The van der Waals surface area contributed by atoms with Crippen LogP contribution in [0.3, 0.4) is 0 Å². The van der Waals surface area contributed by atoms with Gasteiger partial charge in [0.2, 0.25) is 11.8 Å². The predicted octanol–water partition coefficient (Wildman–Crippen LogP) is 2.22. The molecule has 3 rings (SSSR count). The summed E-state index contributed by atoms with van der Waals surface area (Å²) in [4.78, 5) is 54.3. The van der Waals surface area contributed by atoms with Crippen LogP contribution >= 0.6 is 0 Å². The summed E-state index contributed by atoms with van der Waals surface area (Å²) in [6.07, 6.45) is 0. The molecular weight excluding hydrogens is 420 g/mol. The molecule has 1 aromatic heterocycles. The second kappa shape index (κ2) is 9.80. The van der Waals surface area contributed by atoms with Gasteiger partial charge in [-0.15, -0.1) is 0 Å². The molecule has 162 valence electrons. The molecule has 0 aliphatic carbocycles. The third-order valence-electron chi connectivity index (χ3n) is 4.07. The van der Waals surface area contributed by atoms with Crippen molar-refractivity contribution in [2.45, 2.75) is 0 Å². The molecule has 0 saturated carbocycles. The number of carboxylic acids is 1. The minimum atomic E-state index is -1.11. The first-order valence-electron chi connectivity index (χ1n) is 8.99. The third-order valence-corrected chi connectivity index (χ3v) is 4.07. The maximum atomic E-state index is 12.5. The van der Waals surface area contributed by atoms with E-state index in [1.807, 2.05) is 0 Å². The SMILES string of the molecule is COc1cc(NC(=O)c2ccc(OC=O)cc2)nc(NC(=O)c2ccc(C(=O)O)cc2)n1. The maximum absolute atomic E-state index is 12.5. The Labute approximate surface area is 181 Å². The summed E-state index contributed by atoms with van der Waals surface area (Å²) in [6.45, 7) is 0.276. The molecule has 3 aromatic rings. The maximum Gasteiger partial charge on any atom is 0.335 e. The summed E-state index contributed by atoms with van der Waals surface area (Å²) < 4.78 is 9.76. The number of carboxylic acid groups (broad SMARTS) is 1. The van der Waals surface area contributed by atoms with Gasteiger partial charge < -0.3 is 19.9 Å². The number of benzene rings is 2. The molecule has 11 nitrogen and oxygen atoms in total. The molecule has 0 bridgehead atoms. The second-order valence-corrected chi connectivity index (χ2v) is 6.15. The molecule has 0 fully saturated rings. The van der Waals surface area contributed by atoms with Crippen molar-refractivity contribution in [1.82, 2.24) is 9.97 Å². The topological polar surface area (TPSA) is 157 Å². The first-order valence-corrected chi connectivity index (χ1v) is 8.99. The van der Waals surface area contributed by atoms with Crippen molar-refractivity contribution in [1.29, 1.82) is 0 Å². The van der Waals surface area contributed by atoms with E-state index in [2.05, 4.69) is 25.3 Å². The number of aromatic nitrogens is 2. The van der Waals surface area contributed by atoms with E-state index in [0.29, 0.717) is 0 Å². The van der Waals surface area contributed by atoms with E-state index in [4.69, 9.17) is 9.84 Å². The Bertz CT molecular complexity index is 1160. The number of nitrogens with one attached hydrogen (secondary N) is 2. The smallest absolute Gasteiger partial charge is 0.335 e. The molecule has 0 aliphatic heterocycles. The normalized spacial score (nSPS) is 10.0. The predicted molar refractivity (Wildman–Crippen MR) is 111 cm³/mol. The lowest BCUT2D eigenvalue weighted by molar-refractivity contribution is -0.120. The van der Waals surface area contributed by atoms with Crippen molar-refractivity contribution >= 4 is 36.0 Å². The van der Waals surface area contributed by atoms with Gasteiger partial charge in [-0.1, -0.05) is 0 Å². The molecular formula is C21H16N4O7. The molecule has 0 saturated heterocycles. The van der Waals surface area contributed by atoms with Gasteiger partial charge in [-0.2, -0.15) is 9.97 Å². The van der Waals surface area contributed by atoms with Crippen LogP contribution in [0.2, 0.25) is 0 Å². The highest BCUT2D eigenvalue weighted by Gasteiger charge is 2.14. The average molecular weight is 436 g/mol. The lowest BCUT2D eigenvalue weighted by Crippen LogP contribution is -2.17. The fourth-order valence-electron chi connectivity index (χ4n) is 2.52. The minimum Gasteiger partial charge on any atom is -0.481 e. The number of methoxy groups -OCH3 is 1. The van der Waals surface area contributed by atoms with Gasteiger partial charge in [0, 0.05) is 17.2 Å². The quantitative estimate of drug-likeness (QED) is 0.450. The van der Waals surface area contributed by atoms with E-state index in [-0.39, 0.29) is 46.6 Å². The zero-order valence-electron chi connectivity index (χ0n) is 16.6. The Morgan fingerprint density at radius 2 is 1.44 bits per heavy atom. The summed E-state index contributed by atoms with van der Waals surface area (Å²) >= 11 is 0. The highest BCUT2D eigenvalue weighted by molar-refractivity contribution is 6.05. The van der Waals surface area contributed by atoms with Crippen LogP contribution in [0.25, 0.3) is 0 Å². The molecule has 3 N–H and O–H groups in total. The number of carbonyl (C=O) groups is 4. The van der Waals surface area contributed by atoms with Crippen LogP contribution in [0, 0.1) is 0 Å². The molecule has 0 atom stereocenters. The molecule has 2 aromatic carbocycles. The van der Waals surface area contributed by atoms with E-state index in [1.54, 1.807) is 0 Å².